The maximum atomic E-state index is 11.9. The lowest BCUT2D eigenvalue weighted by molar-refractivity contribution is -0.133. The summed E-state index contributed by atoms with van der Waals surface area (Å²) < 4.78 is 6.35. The number of halogens is 1. The molecule has 1 aliphatic heterocycles. The Morgan fingerprint density at radius 1 is 1.36 bits per heavy atom. The van der Waals surface area contributed by atoms with Crippen molar-refractivity contribution in [3.8, 4) is 5.75 Å². The maximum absolute atomic E-state index is 11.9. The fourth-order valence-corrected chi connectivity index (χ4v) is 3.40. The van der Waals surface area contributed by atoms with E-state index < -0.39 is 0 Å². The number of benzene rings is 1. The van der Waals surface area contributed by atoms with Crippen LogP contribution in [-0.4, -0.2) is 23.4 Å². The first-order valence-corrected chi connectivity index (χ1v) is 8.79. The average Bonchev–Trinajstić information content (AvgIpc) is 3.10. The van der Waals surface area contributed by atoms with Gasteiger partial charge < -0.3 is 4.74 Å². The van der Waals surface area contributed by atoms with Gasteiger partial charge in [-0.1, -0.05) is 0 Å². The molecule has 7 heteroatoms. The number of ether oxygens (including phenoxy) is 1. The molecule has 0 bridgehead atoms. The fourth-order valence-electron chi connectivity index (χ4n) is 2.17. The third kappa shape index (κ3) is 3.64. The molecule has 1 aromatic carbocycles. The summed E-state index contributed by atoms with van der Waals surface area (Å²) in [6, 6.07) is 7.27. The van der Waals surface area contributed by atoms with Gasteiger partial charge in [0.25, 0.3) is 0 Å². The Kier molecular flexibility index (Phi) is 4.72. The summed E-state index contributed by atoms with van der Waals surface area (Å²) in [7, 11) is 0. The Labute approximate surface area is 145 Å². The summed E-state index contributed by atoms with van der Waals surface area (Å²) in [5, 5.41) is 2.47. The molecule has 22 heavy (non-hydrogen) atoms. The quantitative estimate of drug-likeness (QED) is 0.427. The van der Waals surface area contributed by atoms with Crippen molar-refractivity contribution < 1.29 is 14.3 Å². The zero-order valence-electron chi connectivity index (χ0n) is 11.6. The van der Waals surface area contributed by atoms with Gasteiger partial charge in [0, 0.05) is 21.9 Å². The Morgan fingerprint density at radius 3 is 2.82 bits per heavy atom. The highest BCUT2D eigenvalue weighted by molar-refractivity contribution is 14.1. The van der Waals surface area contributed by atoms with Crippen LogP contribution in [-0.2, 0) is 16.0 Å². The van der Waals surface area contributed by atoms with Crippen LogP contribution in [0.2, 0.25) is 0 Å². The number of nitrogens with zero attached hydrogens (tertiary/aromatic N) is 2. The fraction of sp³-hybridized carbons (Fsp3) is 0.267. The number of thiazole rings is 1. The number of hydrogen-bond donors (Lipinski definition) is 0. The third-order valence-corrected chi connectivity index (χ3v) is 4.85. The zero-order chi connectivity index (χ0) is 15.5. The normalized spacial score (nSPS) is 14.4. The van der Waals surface area contributed by atoms with Crippen LogP contribution in [0.1, 0.15) is 18.5 Å². The number of carbonyl (C=O) groups is 2. The molecule has 0 spiro atoms. The molecule has 0 N–H and O–H groups in total. The van der Waals surface area contributed by atoms with Crippen LogP contribution in [0.15, 0.2) is 29.6 Å². The maximum Gasteiger partial charge on any atom is 0.317 e. The van der Waals surface area contributed by atoms with Gasteiger partial charge in [0.05, 0.1) is 12.1 Å². The monoisotopic (exact) mass is 428 g/mol. The van der Waals surface area contributed by atoms with Crippen LogP contribution >= 0.6 is 33.9 Å². The summed E-state index contributed by atoms with van der Waals surface area (Å²) in [5.41, 5.74) is 0.634. The summed E-state index contributed by atoms with van der Waals surface area (Å²) in [4.78, 5) is 29.6. The molecule has 1 aliphatic rings. The third-order valence-electron chi connectivity index (χ3n) is 3.21. The molecule has 1 amide bonds. The minimum atomic E-state index is -0.356. The van der Waals surface area contributed by atoms with E-state index >= 15 is 0 Å². The van der Waals surface area contributed by atoms with Gasteiger partial charge in [-0.3, -0.25) is 14.5 Å². The van der Waals surface area contributed by atoms with E-state index in [1.807, 2.05) is 12.1 Å². The molecule has 0 saturated carbocycles. The molecule has 3 rings (SSSR count). The number of carbonyl (C=O) groups excluding carboxylic acids is 2. The van der Waals surface area contributed by atoms with Crippen LogP contribution in [0.4, 0.5) is 5.13 Å². The Bertz CT molecular complexity index is 699. The van der Waals surface area contributed by atoms with Crippen molar-refractivity contribution in [2.75, 3.05) is 11.4 Å². The summed E-state index contributed by atoms with van der Waals surface area (Å²) in [6.45, 7) is 0.707. The second-order valence-corrected chi connectivity index (χ2v) is 6.96. The van der Waals surface area contributed by atoms with Crippen molar-refractivity contribution in [1.82, 2.24) is 4.98 Å². The molecule has 2 aromatic rings. The topological polar surface area (TPSA) is 59.5 Å². The first-order valence-electron chi connectivity index (χ1n) is 6.83. The number of hydrogen-bond acceptors (Lipinski definition) is 5. The molecule has 0 atom stereocenters. The number of aromatic nitrogens is 1. The van der Waals surface area contributed by atoms with E-state index in [4.69, 9.17) is 4.74 Å². The Balaban J connectivity index is 1.61. The van der Waals surface area contributed by atoms with Crippen molar-refractivity contribution in [1.29, 1.82) is 0 Å². The molecule has 114 valence electrons. The molecule has 5 nitrogen and oxygen atoms in total. The van der Waals surface area contributed by atoms with Crippen molar-refractivity contribution >= 4 is 50.9 Å². The SMILES string of the molecule is O=C(Cc1csc(N2CCCC2=O)n1)Oc1ccc(I)cc1. The predicted molar refractivity (Wildman–Crippen MR) is 92.2 cm³/mol. The van der Waals surface area contributed by atoms with E-state index in [9.17, 15) is 9.59 Å². The minimum absolute atomic E-state index is 0.0994. The smallest absolute Gasteiger partial charge is 0.317 e. The van der Waals surface area contributed by atoms with Gasteiger partial charge in [-0.25, -0.2) is 4.98 Å². The summed E-state index contributed by atoms with van der Waals surface area (Å²) in [6.07, 6.45) is 1.54. The van der Waals surface area contributed by atoms with Gasteiger partial charge in [0.2, 0.25) is 5.91 Å². The van der Waals surface area contributed by atoms with Gasteiger partial charge >= 0.3 is 5.97 Å². The van der Waals surface area contributed by atoms with E-state index in [2.05, 4.69) is 27.6 Å². The molecule has 1 aromatic heterocycles. The molecular weight excluding hydrogens is 415 g/mol. The highest BCUT2D eigenvalue weighted by atomic mass is 127. The van der Waals surface area contributed by atoms with E-state index in [0.29, 0.717) is 29.5 Å². The molecule has 1 saturated heterocycles. The van der Waals surface area contributed by atoms with Crippen molar-refractivity contribution in [2.24, 2.45) is 0 Å². The number of rotatable bonds is 4. The van der Waals surface area contributed by atoms with Gasteiger partial charge in [-0.2, -0.15) is 0 Å². The lowest BCUT2D eigenvalue weighted by atomic mass is 10.3. The minimum Gasteiger partial charge on any atom is -0.426 e. The second-order valence-electron chi connectivity index (χ2n) is 4.88. The van der Waals surface area contributed by atoms with Gasteiger partial charge in [0.15, 0.2) is 5.13 Å². The van der Waals surface area contributed by atoms with Crippen LogP contribution in [0.3, 0.4) is 0 Å². The van der Waals surface area contributed by atoms with E-state index in [1.165, 1.54) is 11.3 Å². The number of anilines is 1. The van der Waals surface area contributed by atoms with Crippen LogP contribution in [0.5, 0.6) is 5.75 Å². The van der Waals surface area contributed by atoms with Crippen molar-refractivity contribution in [3.63, 3.8) is 0 Å². The van der Waals surface area contributed by atoms with Crippen LogP contribution in [0.25, 0.3) is 0 Å². The van der Waals surface area contributed by atoms with E-state index in [-0.39, 0.29) is 18.3 Å². The predicted octanol–water partition coefficient (Wildman–Crippen LogP) is 3.02. The van der Waals surface area contributed by atoms with Gasteiger partial charge in [-0.05, 0) is 53.3 Å². The number of esters is 1. The molecule has 0 unspecified atom stereocenters. The van der Waals surface area contributed by atoms with E-state index in [1.54, 1.807) is 22.4 Å². The second kappa shape index (κ2) is 6.74. The standard InChI is InChI=1S/C15H13IN2O3S/c16-10-3-5-12(6-4-10)21-14(20)8-11-9-22-15(17-11)18-7-1-2-13(18)19/h3-6,9H,1-2,7-8H2. The first-order chi connectivity index (χ1) is 10.6. The zero-order valence-corrected chi connectivity index (χ0v) is 14.6. The molecule has 0 aliphatic carbocycles. The Hall–Kier alpha value is -1.48. The average molecular weight is 428 g/mol. The first kappa shape index (κ1) is 15.4. The van der Waals surface area contributed by atoms with Crippen LogP contribution < -0.4 is 9.64 Å². The van der Waals surface area contributed by atoms with Crippen LogP contribution in [0, 0.1) is 3.57 Å². The van der Waals surface area contributed by atoms with Gasteiger partial charge in [-0.15, -0.1) is 11.3 Å². The largest absolute Gasteiger partial charge is 0.426 e. The number of amides is 1. The van der Waals surface area contributed by atoms with Gasteiger partial charge in [0.1, 0.15) is 5.75 Å². The highest BCUT2D eigenvalue weighted by Gasteiger charge is 2.24. The molecule has 1 fully saturated rings. The van der Waals surface area contributed by atoms with Crippen molar-refractivity contribution in [3.05, 3.63) is 38.9 Å². The molecule has 0 radical (unpaired) electrons. The molecular formula is C15H13IN2O3S. The summed E-state index contributed by atoms with van der Waals surface area (Å²) >= 11 is 3.58. The lowest BCUT2D eigenvalue weighted by Gasteiger charge is -2.10. The lowest BCUT2D eigenvalue weighted by Crippen LogP contribution is -2.23. The Morgan fingerprint density at radius 2 is 2.14 bits per heavy atom. The van der Waals surface area contributed by atoms with Crippen molar-refractivity contribution in [2.45, 2.75) is 19.3 Å². The van der Waals surface area contributed by atoms with E-state index in [0.717, 1.165) is 9.99 Å². The summed E-state index contributed by atoms with van der Waals surface area (Å²) in [5.74, 6) is 0.267. The highest BCUT2D eigenvalue weighted by Crippen LogP contribution is 2.25. The molecule has 2 heterocycles.